The van der Waals surface area contributed by atoms with Gasteiger partial charge in [-0.1, -0.05) is 0 Å². The third-order valence-corrected chi connectivity index (χ3v) is 5.67. The first-order valence-corrected chi connectivity index (χ1v) is 8.10. The second-order valence-electron chi connectivity index (χ2n) is 7.02. The van der Waals surface area contributed by atoms with Gasteiger partial charge < -0.3 is 15.4 Å². The number of hydrogen-bond acceptors (Lipinski definition) is 2. The van der Waals surface area contributed by atoms with Crippen molar-refractivity contribution in [1.82, 2.24) is 10.6 Å². The Balaban J connectivity index is 1.48. The molecule has 2 N–H and O–H groups in total. The predicted molar refractivity (Wildman–Crippen MR) is 81.1 cm³/mol. The highest BCUT2D eigenvalue weighted by atomic mass is 32.1. The van der Waals surface area contributed by atoms with Crippen LogP contribution in [0.5, 0.6) is 0 Å². The molecule has 4 aliphatic carbocycles. The number of methoxy groups -OCH3 is 1. The van der Waals surface area contributed by atoms with E-state index in [9.17, 15) is 0 Å². The van der Waals surface area contributed by atoms with Gasteiger partial charge in [-0.05, 0) is 73.9 Å². The van der Waals surface area contributed by atoms with E-state index in [1.165, 1.54) is 38.5 Å². The molecule has 0 atom stereocenters. The lowest BCUT2D eigenvalue weighted by Crippen LogP contribution is -2.52. The molecule has 0 aliphatic heterocycles. The fraction of sp³-hybridized carbons (Fsp3) is 0.933. The average Bonchev–Trinajstić information content (AvgIpc) is 2.35. The zero-order chi connectivity index (χ0) is 13.3. The molecule has 0 spiro atoms. The minimum absolute atomic E-state index is 0.557. The molecule has 0 radical (unpaired) electrons. The van der Waals surface area contributed by atoms with Gasteiger partial charge in [0.2, 0.25) is 0 Å². The minimum atomic E-state index is 0.557. The molecular weight excluding hydrogens is 256 g/mol. The van der Waals surface area contributed by atoms with E-state index in [2.05, 4.69) is 10.6 Å². The van der Waals surface area contributed by atoms with E-state index >= 15 is 0 Å². The summed E-state index contributed by atoms with van der Waals surface area (Å²) in [6.45, 7) is 2.58. The molecular formula is C15H26N2OS. The number of rotatable bonds is 5. The molecule has 0 amide bonds. The van der Waals surface area contributed by atoms with Crippen molar-refractivity contribution in [3.05, 3.63) is 0 Å². The molecule has 0 saturated heterocycles. The van der Waals surface area contributed by atoms with Gasteiger partial charge >= 0.3 is 0 Å². The lowest BCUT2D eigenvalue weighted by atomic mass is 9.49. The van der Waals surface area contributed by atoms with Crippen molar-refractivity contribution in [3.8, 4) is 0 Å². The van der Waals surface area contributed by atoms with Crippen LogP contribution >= 0.6 is 12.2 Å². The first-order chi connectivity index (χ1) is 9.19. The zero-order valence-corrected chi connectivity index (χ0v) is 12.7. The Kier molecular flexibility index (Phi) is 3.99. The Hall–Kier alpha value is -0.350. The van der Waals surface area contributed by atoms with Crippen LogP contribution in [-0.4, -0.2) is 31.9 Å². The smallest absolute Gasteiger partial charge is 0.166 e. The molecule has 0 unspecified atom stereocenters. The summed E-state index contributed by atoms with van der Waals surface area (Å²) in [4.78, 5) is 0. The van der Waals surface area contributed by atoms with Gasteiger partial charge in [0.25, 0.3) is 0 Å². The van der Waals surface area contributed by atoms with Crippen molar-refractivity contribution in [3.63, 3.8) is 0 Å². The summed E-state index contributed by atoms with van der Waals surface area (Å²) in [5.74, 6) is 3.05. The van der Waals surface area contributed by atoms with E-state index in [0.29, 0.717) is 12.0 Å². The summed E-state index contributed by atoms with van der Waals surface area (Å²) in [5.41, 5.74) is 0.557. The molecule has 4 fully saturated rings. The summed E-state index contributed by atoms with van der Waals surface area (Å²) >= 11 is 5.34. The van der Waals surface area contributed by atoms with Crippen molar-refractivity contribution in [1.29, 1.82) is 0 Å². The maximum atomic E-state index is 5.34. The maximum Gasteiger partial charge on any atom is 0.166 e. The highest BCUT2D eigenvalue weighted by Gasteiger charge is 2.50. The Labute approximate surface area is 121 Å². The molecule has 0 aromatic rings. The second-order valence-corrected chi connectivity index (χ2v) is 7.43. The summed E-state index contributed by atoms with van der Waals surface area (Å²) in [6, 6.07) is 0. The van der Waals surface area contributed by atoms with Gasteiger partial charge in [0.1, 0.15) is 0 Å². The average molecular weight is 282 g/mol. The van der Waals surface area contributed by atoms with Crippen molar-refractivity contribution < 1.29 is 4.74 Å². The van der Waals surface area contributed by atoms with Gasteiger partial charge in [0, 0.05) is 20.2 Å². The number of nitrogens with one attached hydrogen (secondary N) is 2. The first-order valence-electron chi connectivity index (χ1n) is 7.70. The van der Waals surface area contributed by atoms with E-state index in [4.69, 9.17) is 17.0 Å². The molecule has 4 aliphatic rings. The molecule has 4 rings (SSSR count). The van der Waals surface area contributed by atoms with Crippen LogP contribution in [0.3, 0.4) is 0 Å². The molecule has 0 aromatic heterocycles. The summed E-state index contributed by atoms with van der Waals surface area (Å²) in [6.07, 6.45) is 8.84. The van der Waals surface area contributed by atoms with Crippen LogP contribution in [0.4, 0.5) is 0 Å². The van der Waals surface area contributed by atoms with Gasteiger partial charge in [0.15, 0.2) is 5.11 Å². The third-order valence-electron chi connectivity index (χ3n) is 5.38. The highest BCUT2D eigenvalue weighted by Crippen LogP contribution is 2.59. The Morgan fingerprint density at radius 1 is 1.11 bits per heavy atom. The summed E-state index contributed by atoms with van der Waals surface area (Å²) in [5, 5.41) is 7.47. The largest absolute Gasteiger partial charge is 0.383 e. The molecule has 0 aromatic carbocycles. The van der Waals surface area contributed by atoms with Gasteiger partial charge in [-0.15, -0.1) is 0 Å². The normalized spacial score (nSPS) is 39.3. The molecule has 4 saturated carbocycles. The van der Waals surface area contributed by atoms with E-state index in [1.807, 2.05) is 0 Å². The minimum Gasteiger partial charge on any atom is -0.383 e. The topological polar surface area (TPSA) is 33.3 Å². The molecule has 19 heavy (non-hydrogen) atoms. The summed E-state index contributed by atoms with van der Waals surface area (Å²) < 4.78 is 5.02. The van der Waals surface area contributed by atoms with Gasteiger partial charge in [-0.25, -0.2) is 0 Å². The van der Waals surface area contributed by atoms with Crippen LogP contribution in [0.2, 0.25) is 0 Å². The summed E-state index contributed by atoms with van der Waals surface area (Å²) in [7, 11) is 1.72. The molecule has 108 valence electrons. The van der Waals surface area contributed by atoms with Crippen LogP contribution < -0.4 is 10.6 Å². The quantitative estimate of drug-likeness (QED) is 0.599. The van der Waals surface area contributed by atoms with Crippen LogP contribution in [0.15, 0.2) is 0 Å². The lowest BCUT2D eigenvalue weighted by molar-refractivity contribution is -0.0491. The molecule has 4 bridgehead atoms. The molecule has 0 heterocycles. The van der Waals surface area contributed by atoms with E-state index < -0.39 is 0 Å². The SMILES string of the molecule is COCCNC(=S)NCC12CC3CC(CC(C3)C1)C2. The van der Waals surface area contributed by atoms with Gasteiger partial charge in [0.05, 0.1) is 6.61 Å². The van der Waals surface area contributed by atoms with E-state index in [0.717, 1.165) is 36.0 Å². The first kappa shape index (κ1) is 13.6. The monoisotopic (exact) mass is 282 g/mol. The van der Waals surface area contributed by atoms with Gasteiger partial charge in [-0.3, -0.25) is 0 Å². The van der Waals surface area contributed by atoms with Crippen LogP contribution in [-0.2, 0) is 4.74 Å². The number of thiocarbonyl (C=S) groups is 1. The predicted octanol–water partition coefficient (Wildman–Crippen LogP) is 2.31. The van der Waals surface area contributed by atoms with Crippen LogP contribution in [0, 0.1) is 23.2 Å². The van der Waals surface area contributed by atoms with Crippen molar-refractivity contribution >= 4 is 17.3 Å². The number of hydrogen-bond donors (Lipinski definition) is 2. The van der Waals surface area contributed by atoms with E-state index in [-0.39, 0.29) is 0 Å². The van der Waals surface area contributed by atoms with Crippen LogP contribution in [0.1, 0.15) is 38.5 Å². The standard InChI is InChI=1S/C15H26N2OS/c1-18-3-2-16-14(19)17-10-15-7-11-4-12(8-15)6-13(5-11)9-15/h11-13H,2-10H2,1H3,(H2,16,17,19). The van der Waals surface area contributed by atoms with E-state index in [1.54, 1.807) is 7.11 Å². The van der Waals surface area contributed by atoms with Crippen molar-refractivity contribution in [2.45, 2.75) is 38.5 Å². The van der Waals surface area contributed by atoms with Crippen molar-refractivity contribution in [2.24, 2.45) is 23.2 Å². The van der Waals surface area contributed by atoms with Crippen LogP contribution in [0.25, 0.3) is 0 Å². The molecule has 4 heteroatoms. The number of ether oxygens (including phenoxy) is 1. The van der Waals surface area contributed by atoms with Gasteiger partial charge in [-0.2, -0.15) is 0 Å². The fourth-order valence-electron chi connectivity index (χ4n) is 5.10. The molecule has 3 nitrogen and oxygen atoms in total. The third kappa shape index (κ3) is 3.05. The Morgan fingerprint density at radius 3 is 2.21 bits per heavy atom. The lowest BCUT2D eigenvalue weighted by Gasteiger charge is -2.57. The zero-order valence-electron chi connectivity index (χ0n) is 11.9. The van der Waals surface area contributed by atoms with Crippen molar-refractivity contribution in [2.75, 3.05) is 26.8 Å². The Bertz CT molecular complexity index is 310. The fourth-order valence-corrected chi connectivity index (χ4v) is 5.28. The highest BCUT2D eigenvalue weighted by molar-refractivity contribution is 7.80. The maximum absolute atomic E-state index is 5.34. The Morgan fingerprint density at radius 2 is 1.68 bits per heavy atom. The second kappa shape index (κ2) is 5.57.